The van der Waals surface area contributed by atoms with Crippen molar-refractivity contribution in [2.24, 2.45) is 0 Å². The third kappa shape index (κ3) is 3.09. The summed E-state index contributed by atoms with van der Waals surface area (Å²) in [6.07, 6.45) is 0. The highest BCUT2D eigenvalue weighted by atomic mass is 16.5. The summed E-state index contributed by atoms with van der Waals surface area (Å²) in [5, 5.41) is 14.1. The number of nitriles is 1. The molecule has 0 radical (unpaired) electrons. The van der Waals surface area contributed by atoms with Crippen LogP contribution in [0.3, 0.4) is 0 Å². The predicted octanol–water partition coefficient (Wildman–Crippen LogP) is 7.32. The maximum atomic E-state index is 9.94. The van der Waals surface area contributed by atoms with Gasteiger partial charge in [0.1, 0.15) is 17.6 Å². The zero-order valence-electron chi connectivity index (χ0n) is 15.7. The number of rotatable bonds is 3. The topological polar surface area (TPSA) is 33.0 Å². The molecule has 5 aromatic carbocycles. The van der Waals surface area contributed by atoms with Gasteiger partial charge in [-0.1, -0.05) is 72.8 Å². The second-order valence-electron chi connectivity index (χ2n) is 6.93. The van der Waals surface area contributed by atoms with Crippen molar-refractivity contribution in [3.05, 3.63) is 109 Å². The van der Waals surface area contributed by atoms with E-state index in [1.807, 2.05) is 78.9 Å². The fraction of sp³-hybridized carbons (Fsp3) is 0. The predicted molar refractivity (Wildman–Crippen MR) is 118 cm³/mol. The van der Waals surface area contributed by atoms with Crippen LogP contribution in [0.4, 0.5) is 0 Å². The summed E-state index contributed by atoms with van der Waals surface area (Å²) < 4.78 is 5.91. The molecule has 0 aliphatic carbocycles. The van der Waals surface area contributed by atoms with Gasteiger partial charge in [-0.25, -0.2) is 0 Å². The van der Waals surface area contributed by atoms with Gasteiger partial charge < -0.3 is 4.74 Å². The van der Waals surface area contributed by atoms with E-state index in [0.717, 1.165) is 49.7 Å². The van der Waals surface area contributed by atoms with Gasteiger partial charge in [-0.15, -0.1) is 0 Å². The van der Waals surface area contributed by atoms with Crippen LogP contribution < -0.4 is 4.74 Å². The van der Waals surface area contributed by atoms with E-state index in [1.54, 1.807) is 0 Å². The van der Waals surface area contributed by atoms with E-state index in [1.165, 1.54) is 0 Å². The SMILES string of the molecule is N#Cc1c2ccccc2cc2cccc(-c3ccc(Oc4ccccc4)cc3)c12. The number of hydrogen-bond donors (Lipinski definition) is 0. The Hall–Kier alpha value is -4.09. The van der Waals surface area contributed by atoms with E-state index in [0.29, 0.717) is 0 Å². The number of hydrogen-bond acceptors (Lipinski definition) is 2. The molecule has 0 bridgehead atoms. The summed E-state index contributed by atoms with van der Waals surface area (Å²) in [5.41, 5.74) is 2.83. The minimum absolute atomic E-state index is 0.721. The second kappa shape index (κ2) is 7.14. The van der Waals surface area contributed by atoms with Crippen LogP contribution in [0.25, 0.3) is 32.7 Å². The van der Waals surface area contributed by atoms with Gasteiger partial charge in [0, 0.05) is 10.8 Å². The van der Waals surface area contributed by atoms with E-state index in [4.69, 9.17) is 4.74 Å². The zero-order valence-corrected chi connectivity index (χ0v) is 15.7. The molecule has 0 heterocycles. The summed E-state index contributed by atoms with van der Waals surface area (Å²) in [6.45, 7) is 0. The van der Waals surface area contributed by atoms with Crippen LogP contribution in [0.5, 0.6) is 11.5 Å². The highest BCUT2D eigenvalue weighted by Crippen LogP contribution is 2.36. The molecule has 136 valence electrons. The quantitative estimate of drug-likeness (QED) is 0.311. The summed E-state index contributed by atoms with van der Waals surface area (Å²) >= 11 is 0. The first-order valence-electron chi connectivity index (χ1n) is 9.51. The molecule has 2 nitrogen and oxygen atoms in total. The van der Waals surface area contributed by atoms with E-state index in [2.05, 4.69) is 30.3 Å². The Morgan fingerprint density at radius 3 is 2.10 bits per heavy atom. The normalized spacial score (nSPS) is 10.7. The first kappa shape index (κ1) is 17.0. The van der Waals surface area contributed by atoms with Gasteiger partial charge >= 0.3 is 0 Å². The third-order valence-corrected chi connectivity index (χ3v) is 5.14. The summed E-state index contributed by atoms with van der Waals surface area (Å²) in [4.78, 5) is 0. The molecule has 0 spiro atoms. The van der Waals surface area contributed by atoms with E-state index in [-0.39, 0.29) is 0 Å². The number of fused-ring (bicyclic) bond motifs is 2. The van der Waals surface area contributed by atoms with Gasteiger partial charge in [0.15, 0.2) is 0 Å². The first-order valence-corrected chi connectivity index (χ1v) is 9.51. The number of para-hydroxylation sites is 1. The van der Waals surface area contributed by atoms with Gasteiger partial charge in [0.2, 0.25) is 0 Å². The molecule has 0 saturated carbocycles. The molecule has 0 atom stereocenters. The Bertz CT molecular complexity index is 1360. The summed E-state index contributed by atoms with van der Waals surface area (Å²) in [7, 11) is 0. The maximum absolute atomic E-state index is 9.94. The van der Waals surface area contributed by atoms with Crippen LogP contribution in [0.2, 0.25) is 0 Å². The van der Waals surface area contributed by atoms with E-state index >= 15 is 0 Å². The van der Waals surface area contributed by atoms with Crippen LogP contribution >= 0.6 is 0 Å². The van der Waals surface area contributed by atoms with Crippen molar-refractivity contribution in [1.29, 1.82) is 5.26 Å². The molecule has 0 amide bonds. The third-order valence-electron chi connectivity index (χ3n) is 5.14. The molecule has 29 heavy (non-hydrogen) atoms. The van der Waals surface area contributed by atoms with Crippen molar-refractivity contribution in [1.82, 2.24) is 0 Å². The summed E-state index contributed by atoms with van der Waals surface area (Å²) in [6, 6.07) is 36.6. The molecule has 5 aromatic rings. The number of ether oxygens (including phenoxy) is 1. The van der Waals surface area contributed by atoms with Crippen LogP contribution in [-0.4, -0.2) is 0 Å². The smallest absolute Gasteiger partial charge is 0.127 e. The fourth-order valence-corrected chi connectivity index (χ4v) is 3.81. The van der Waals surface area contributed by atoms with E-state index in [9.17, 15) is 5.26 Å². The molecular weight excluding hydrogens is 354 g/mol. The van der Waals surface area contributed by atoms with Crippen molar-refractivity contribution >= 4 is 21.5 Å². The van der Waals surface area contributed by atoms with Gasteiger partial charge in [-0.2, -0.15) is 5.26 Å². The van der Waals surface area contributed by atoms with E-state index < -0.39 is 0 Å². The Labute approximate surface area is 169 Å². The molecule has 0 unspecified atom stereocenters. The number of benzene rings is 5. The Morgan fingerprint density at radius 1 is 0.621 bits per heavy atom. The lowest BCUT2D eigenvalue weighted by Gasteiger charge is -2.12. The largest absolute Gasteiger partial charge is 0.457 e. The Kier molecular flexibility index (Phi) is 4.20. The van der Waals surface area contributed by atoms with Gasteiger partial charge in [0.25, 0.3) is 0 Å². The molecule has 0 N–H and O–H groups in total. The number of nitrogens with zero attached hydrogens (tertiary/aromatic N) is 1. The second-order valence-corrected chi connectivity index (χ2v) is 6.93. The van der Waals surface area contributed by atoms with Crippen LogP contribution in [0.1, 0.15) is 5.56 Å². The van der Waals surface area contributed by atoms with Crippen molar-refractivity contribution in [2.45, 2.75) is 0 Å². The molecular formula is C27H17NO. The molecule has 0 aromatic heterocycles. The molecule has 2 heteroatoms. The van der Waals surface area contributed by atoms with Gasteiger partial charge in [-0.3, -0.25) is 0 Å². The van der Waals surface area contributed by atoms with Gasteiger partial charge in [-0.05, 0) is 52.2 Å². The zero-order chi connectivity index (χ0) is 19.6. The van der Waals surface area contributed by atoms with Crippen molar-refractivity contribution < 1.29 is 4.74 Å². The highest BCUT2D eigenvalue weighted by Gasteiger charge is 2.12. The fourth-order valence-electron chi connectivity index (χ4n) is 3.81. The standard InChI is InChI=1S/C27H17NO/c28-18-26-24-11-5-4-7-20(24)17-21-8-6-12-25(27(21)26)19-13-15-23(16-14-19)29-22-9-2-1-3-10-22/h1-17H. The molecule has 0 saturated heterocycles. The highest BCUT2D eigenvalue weighted by molar-refractivity contribution is 6.10. The van der Waals surface area contributed by atoms with Crippen molar-refractivity contribution in [3.63, 3.8) is 0 Å². The minimum Gasteiger partial charge on any atom is -0.457 e. The van der Waals surface area contributed by atoms with Crippen molar-refractivity contribution in [3.8, 4) is 28.7 Å². The monoisotopic (exact) mass is 371 g/mol. The average Bonchev–Trinajstić information content (AvgIpc) is 2.78. The average molecular weight is 371 g/mol. The molecule has 0 fully saturated rings. The van der Waals surface area contributed by atoms with Gasteiger partial charge in [0.05, 0.1) is 5.56 Å². The Morgan fingerprint density at radius 2 is 1.31 bits per heavy atom. The minimum atomic E-state index is 0.721. The Balaban J connectivity index is 1.63. The maximum Gasteiger partial charge on any atom is 0.127 e. The van der Waals surface area contributed by atoms with Crippen LogP contribution in [0.15, 0.2) is 103 Å². The molecule has 0 aliphatic rings. The lowest BCUT2D eigenvalue weighted by atomic mass is 9.91. The van der Waals surface area contributed by atoms with Crippen LogP contribution in [0, 0.1) is 11.3 Å². The van der Waals surface area contributed by atoms with Crippen molar-refractivity contribution in [2.75, 3.05) is 0 Å². The van der Waals surface area contributed by atoms with Crippen LogP contribution in [-0.2, 0) is 0 Å². The molecule has 0 aliphatic heterocycles. The summed E-state index contributed by atoms with van der Waals surface area (Å²) in [5.74, 6) is 1.59. The lowest BCUT2D eigenvalue weighted by Crippen LogP contribution is -1.89. The lowest BCUT2D eigenvalue weighted by molar-refractivity contribution is 0.483. The first-order chi connectivity index (χ1) is 14.3. The molecule has 5 rings (SSSR count).